The average Bonchev–Trinajstić information content (AvgIpc) is 2.29. The quantitative estimate of drug-likeness (QED) is 0.700. The number of aliphatic hydroxyl groups is 1. The molecule has 1 fully saturated rings. The average molecular weight is 264 g/mol. The zero-order valence-electron chi connectivity index (χ0n) is 11.3. The van der Waals surface area contributed by atoms with Gasteiger partial charge in [0.15, 0.2) is 0 Å². The van der Waals surface area contributed by atoms with Gasteiger partial charge in [-0.05, 0) is 25.3 Å². The highest BCUT2D eigenvalue weighted by Crippen LogP contribution is 2.36. The van der Waals surface area contributed by atoms with Crippen LogP contribution in [0.1, 0.15) is 32.1 Å². The van der Waals surface area contributed by atoms with Crippen LogP contribution in [0.15, 0.2) is 0 Å². The number of nitrogens with one attached hydrogen (secondary N) is 1. The molecule has 0 amide bonds. The van der Waals surface area contributed by atoms with E-state index in [0.717, 1.165) is 19.4 Å². The molecule has 0 heterocycles. The Kier molecular flexibility index (Phi) is 7.04. The van der Waals surface area contributed by atoms with E-state index in [1.807, 2.05) is 7.05 Å². The van der Waals surface area contributed by atoms with Crippen molar-refractivity contribution in [1.82, 2.24) is 10.2 Å². The maximum absolute atomic E-state index is 12.5. The smallest absolute Gasteiger partial charge is 0.251 e. The fourth-order valence-corrected chi connectivity index (χ4v) is 3.11. The number of nitrogens with zero attached hydrogens (tertiary/aromatic N) is 1. The Morgan fingerprint density at radius 3 is 2.44 bits per heavy atom. The standard InChI is InChI=1S/C13H26F2N2O/c1-16-10-13(5-3-2-4-6-13)11-17(7-8-18)9-12(14)15/h12,16,18H,2-11H2,1H3. The molecule has 0 aromatic heterocycles. The van der Waals surface area contributed by atoms with Gasteiger partial charge in [0.05, 0.1) is 13.2 Å². The monoisotopic (exact) mass is 264 g/mol. The molecule has 1 rings (SSSR count). The number of aliphatic hydroxyl groups excluding tert-OH is 1. The molecule has 0 aromatic carbocycles. The minimum absolute atomic E-state index is 0.0532. The Bertz CT molecular complexity index is 216. The lowest BCUT2D eigenvalue weighted by Gasteiger charge is -2.41. The van der Waals surface area contributed by atoms with E-state index in [1.165, 1.54) is 19.3 Å². The molecule has 5 heteroatoms. The highest BCUT2D eigenvalue weighted by Gasteiger charge is 2.33. The highest BCUT2D eigenvalue weighted by atomic mass is 19.3. The van der Waals surface area contributed by atoms with Crippen molar-refractivity contribution in [3.63, 3.8) is 0 Å². The summed E-state index contributed by atoms with van der Waals surface area (Å²) in [6.45, 7) is 1.60. The second-order valence-corrected chi connectivity index (χ2v) is 5.44. The molecular formula is C13H26F2N2O. The molecule has 0 aromatic rings. The lowest BCUT2D eigenvalue weighted by Crippen LogP contribution is -2.46. The summed E-state index contributed by atoms with van der Waals surface area (Å²) < 4.78 is 25.1. The van der Waals surface area contributed by atoms with Gasteiger partial charge in [-0.3, -0.25) is 4.90 Å². The number of hydrogen-bond acceptors (Lipinski definition) is 3. The Labute approximate surface area is 109 Å². The number of hydrogen-bond donors (Lipinski definition) is 2. The molecular weight excluding hydrogens is 238 g/mol. The minimum atomic E-state index is -2.33. The van der Waals surface area contributed by atoms with Crippen LogP contribution in [0.2, 0.25) is 0 Å². The molecule has 0 saturated heterocycles. The first-order valence-electron chi connectivity index (χ1n) is 6.88. The van der Waals surface area contributed by atoms with Gasteiger partial charge in [-0.25, -0.2) is 8.78 Å². The summed E-state index contributed by atoms with van der Waals surface area (Å²) in [7, 11) is 1.92. The van der Waals surface area contributed by atoms with Crippen molar-refractivity contribution in [3.8, 4) is 0 Å². The van der Waals surface area contributed by atoms with Gasteiger partial charge in [0, 0.05) is 19.6 Å². The molecule has 0 unspecified atom stereocenters. The second kappa shape index (κ2) is 8.02. The van der Waals surface area contributed by atoms with Gasteiger partial charge < -0.3 is 10.4 Å². The van der Waals surface area contributed by atoms with Crippen LogP contribution in [0.4, 0.5) is 8.78 Å². The molecule has 1 aliphatic rings. The van der Waals surface area contributed by atoms with E-state index in [4.69, 9.17) is 5.11 Å². The van der Waals surface area contributed by atoms with Crippen molar-refractivity contribution >= 4 is 0 Å². The highest BCUT2D eigenvalue weighted by molar-refractivity contribution is 4.87. The zero-order valence-corrected chi connectivity index (χ0v) is 11.3. The third kappa shape index (κ3) is 5.16. The van der Waals surface area contributed by atoms with Crippen LogP contribution >= 0.6 is 0 Å². The van der Waals surface area contributed by atoms with E-state index in [1.54, 1.807) is 4.90 Å². The molecule has 1 aliphatic carbocycles. The van der Waals surface area contributed by atoms with Gasteiger partial charge >= 0.3 is 0 Å². The number of rotatable bonds is 8. The number of alkyl halides is 2. The largest absolute Gasteiger partial charge is 0.395 e. The van der Waals surface area contributed by atoms with Crippen molar-refractivity contribution in [1.29, 1.82) is 0 Å². The second-order valence-electron chi connectivity index (χ2n) is 5.44. The van der Waals surface area contributed by atoms with Crippen LogP contribution in [0.25, 0.3) is 0 Å². The van der Waals surface area contributed by atoms with Crippen LogP contribution < -0.4 is 5.32 Å². The lowest BCUT2D eigenvalue weighted by molar-refractivity contribution is 0.0382. The van der Waals surface area contributed by atoms with Crippen molar-refractivity contribution in [2.75, 3.05) is 39.8 Å². The van der Waals surface area contributed by atoms with Crippen molar-refractivity contribution < 1.29 is 13.9 Å². The van der Waals surface area contributed by atoms with E-state index < -0.39 is 6.43 Å². The van der Waals surface area contributed by atoms with Gasteiger partial charge in [0.2, 0.25) is 0 Å². The summed E-state index contributed by atoms with van der Waals surface area (Å²) in [5, 5.41) is 12.2. The SMILES string of the molecule is CNCC1(CN(CCO)CC(F)F)CCCCC1. The molecule has 2 N–H and O–H groups in total. The first kappa shape index (κ1) is 15.8. The summed E-state index contributed by atoms with van der Waals surface area (Å²) in [4.78, 5) is 1.72. The van der Waals surface area contributed by atoms with E-state index in [-0.39, 0.29) is 18.6 Å². The normalized spacial score (nSPS) is 19.7. The van der Waals surface area contributed by atoms with Crippen LogP contribution in [-0.4, -0.2) is 56.3 Å². The Balaban J connectivity index is 2.60. The fourth-order valence-electron chi connectivity index (χ4n) is 3.11. The minimum Gasteiger partial charge on any atom is -0.395 e. The summed E-state index contributed by atoms with van der Waals surface area (Å²) in [6, 6.07) is 0. The Morgan fingerprint density at radius 2 is 1.94 bits per heavy atom. The first-order valence-corrected chi connectivity index (χ1v) is 6.88. The predicted octanol–water partition coefficient (Wildman–Crippen LogP) is 1.72. The van der Waals surface area contributed by atoms with Gasteiger partial charge in [-0.1, -0.05) is 19.3 Å². The summed E-state index contributed by atoms with van der Waals surface area (Å²) in [5.74, 6) is 0. The van der Waals surface area contributed by atoms with Gasteiger partial charge in [-0.15, -0.1) is 0 Å². The van der Waals surface area contributed by atoms with Gasteiger partial charge in [0.25, 0.3) is 6.43 Å². The van der Waals surface area contributed by atoms with Crippen LogP contribution in [0.3, 0.4) is 0 Å². The third-order valence-electron chi connectivity index (χ3n) is 3.84. The summed E-state index contributed by atoms with van der Waals surface area (Å²) >= 11 is 0. The van der Waals surface area contributed by atoms with E-state index in [2.05, 4.69) is 5.32 Å². The van der Waals surface area contributed by atoms with Crippen LogP contribution in [-0.2, 0) is 0 Å². The van der Waals surface area contributed by atoms with Crippen molar-refractivity contribution in [2.24, 2.45) is 5.41 Å². The fraction of sp³-hybridized carbons (Fsp3) is 1.00. The predicted molar refractivity (Wildman–Crippen MR) is 69.0 cm³/mol. The maximum atomic E-state index is 12.5. The zero-order chi connectivity index (χ0) is 13.4. The molecule has 0 spiro atoms. The Hall–Kier alpha value is -0.260. The number of halogens is 2. The van der Waals surface area contributed by atoms with Gasteiger partial charge in [-0.2, -0.15) is 0 Å². The topological polar surface area (TPSA) is 35.5 Å². The van der Waals surface area contributed by atoms with E-state index in [9.17, 15) is 8.78 Å². The Morgan fingerprint density at radius 1 is 1.28 bits per heavy atom. The van der Waals surface area contributed by atoms with Crippen molar-refractivity contribution in [3.05, 3.63) is 0 Å². The molecule has 0 atom stereocenters. The molecule has 108 valence electrons. The summed E-state index contributed by atoms with van der Waals surface area (Å²) in [5.41, 5.74) is 0.108. The molecule has 0 bridgehead atoms. The van der Waals surface area contributed by atoms with E-state index >= 15 is 0 Å². The molecule has 0 aliphatic heterocycles. The molecule has 1 saturated carbocycles. The van der Waals surface area contributed by atoms with Crippen molar-refractivity contribution in [2.45, 2.75) is 38.5 Å². The lowest BCUT2D eigenvalue weighted by atomic mass is 9.73. The molecule has 3 nitrogen and oxygen atoms in total. The first-order chi connectivity index (χ1) is 8.62. The third-order valence-corrected chi connectivity index (χ3v) is 3.84. The van der Waals surface area contributed by atoms with Gasteiger partial charge in [0.1, 0.15) is 0 Å². The van der Waals surface area contributed by atoms with Crippen LogP contribution in [0.5, 0.6) is 0 Å². The van der Waals surface area contributed by atoms with Crippen LogP contribution in [0, 0.1) is 5.41 Å². The van der Waals surface area contributed by atoms with E-state index in [0.29, 0.717) is 13.1 Å². The molecule has 18 heavy (non-hydrogen) atoms. The maximum Gasteiger partial charge on any atom is 0.251 e. The summed E-state index contributed by atoms with van der Waals surface area (Å²) in [6.07, 6.45) is 3.48. The molecule has 0 radical (unpaired) electrons.